The fourth-order valence-corrected chi connectivity index (χ4v) is 2.21. The quantitative estimate of drug-likeness (QED) is 0.745. The highest BCUT2D eigenvalue weighted by molar-refractivity contribution is 5.42. The SMILES string of the molecule is CCCNCC(C)(O)COc1c(C)cc(C)cc1C. The van der Waals surface area contributed by atoms with E-state index in [-0.39, 0.29) is 0 Å². The Bertz CT molecular complexity index is 390. The van der Waals surface area contributed by atoms with Gasteiger partial charge in [0.05, 0.1) is 0 Å². The second kappa shape index (κ2) is 6.92. The van der Waals surface area contributed by atoms with E-state index in [9.17, 15) is 5.11 Å². The zero-order valence-electron chi connectivity index (χ0n) is 12.8. The number of hydrogen-bond donors (Lipinski definition) is 2. The van der Waals surface area contributed by atoms with Gasteiger partial charge in [-0.15, -0.1) is 0 Å². The minimum absolute atomic E-state index is 0.300. The lowest BCUT2D eigenvalue weighted by molar-refractivity contribution is 0.0121. The molecule has 0 amide bonds. The number of hydrogen-bond acceptors (Lipinski definition) is 3. The minimum atomic E-state index is -0.848. The molecule has 0 fully saturated rings. The van der Waals surface area contributed by atoms with Gasteiger partial charge in [0.25, 0.3) is 0 Å². The largest absolute Gasteiger partial charge is 0.490 e. The zero-order valence-corrected chi connectivity index (χ0v) is 12.8. The minimum Gasteiger partial charge on any atom is -0.490 e. The van der Waals surface area contributed by atoms with Crippen LogP contribution in [0.2, 0.25) is 0 Å². The fraction of sp³-hybridized carbons (Fsp3) is 0.625. The van der Waals surface area contributed by atoms with Crippen LogP contribution < -0.4 is 10.1 Å². The third-order valence-electron chi connectivity index (χ3n) is 3.06. The van der Waals surface area contributed by atoms with Gasteiger partial charge in [-0.25, -0.2) is 0 Å². The summed E-state index contributed by atoms with van der Waals surface area (Å²) in [5, 5.41) is 13.5. The van der Waals surface area contributed by atoms with Crippen molar-refractivity contribution in [3.63, 3.8) is 0 Å². The molecule has 0 aliphatic carbocycles. The van der Waals surface area contributed by atoms with Gasteiger partial charge in [0.1, 0.15) is 18.0 Å². The lowest BCUT2D eigenvalue weighted by Gasteiger charge is -2.25. The number of rotatable bonds is 7. The highest BCUT2D eigenvalue weighted by Gasteiger charge is 2.21. The van der Waals surface area contributed by atoms with E-state index in [1.807, 2.05) is 13.8 Å². The van der Waals surface area contributed by atoms with Crippen LogP contribution in [-0.2, 0) is 0 Å². The molecule has 3 nitrogen and oxygen atoms in total. The van der Waals surface area contributed by atoms with E-state index in [0.717, 1.165) is 29.8 Å². The Labute approximate surface area is 117 Å². The maximum Gasteiger partial charge on any atom is 0.125 e. The second-order valence-electron chi connectivity index (χ2n) is 5.69. The second-order valence-corrected chi connectivity index (χ2v) is 5.69. The van der Waals surface area contributed by atoms with Gasteiger partial charge in [-0.05, 0) is 51.8 Å². The highest BCUT2D eigenvalue weighted by atomic mass is 16.5. The molecule has 3 heteroatoms. The molecule has 0 spiro atoms. The summed E-state index contributed by atoms with van der Waals surface area (Å²) in [6.45, 7) is 11.8. The summed E-state index contributed by atoms with van der Waals surface area (Å²) in [7, 11) is 0. The standard InChI is InChI=1S/C16H27NO2/c1-6-7-17-10-16(5,18)11-19-15-13(3)8-12(2)9-14(15)4/h8-9,17-18H,6-7,10-11H2,1-5H3. The molecule has 0 aliphatic heterocycles. The van der Waals surface area contributed by atoms with Crippen LogP contribution in [0.15, 0.2) is 12.1 Å². The smallest absolute Gasteiger partial charge is 0.125 e. The first-order chi connectivity index (χ1) is 8.85. The van der Waals surface area contributed by atoms with Gasteiger partial charge in [-0.3, -0.25) is 0 Å². The van der Waals surface area contributed by atoms with Crippen molar-refractivity contribution in [2.75, 3.05) is 19.7 Å². The first kappa shape index (κ1) is 16.0. The van der Waals surface area contributed by atoms with E-state index in [1.165, 1.54) is 5.56 Å². The number of aliphatic hydroxyl groups is 1. The Morgan fingerprint density at radius 1 is 1.21 bits per heavy atom. The molecule has 108 valence electrons. The summed E-state index contributed by atoms with van der Waals surface area (Å²) < 4.78 is 5.83. The third-order valence-corrected chi connectivity index (χ3v) is 3.06. The topological polar surface area (TPSA) is 41.5 Å². The lowest BCUT2D eigenvalue weighted by Crippen LogP contribution is -2.43. The monoisotopic (exact) mass is 265 g/mol. The maximum absolute atomic E-state index is 10.3. The van der Waals surface area contributed by atoms with Crippen molar-refractivity contribution >= 4 is 0 Å². The van der Waals surface area contributed by atoms with Gasteiger partial charge in [0.2, 0.25) is 0 Å². The van der Waals surface area contributed by atoms with Crippen molar-refractivity contribution in [1.29, 1.82) is 0 Å². The molecule has 0 aromatic heterocycles. The Morgan fingerprint density at radius 2 is 1.79 bits per heavy atom. The Morgan fingerprint density at radius 3 is 2.32 bits per heavy atom. The molecule has 0 saturated carbocycles. The van der Waals surface area contributed by atoms with Crippen molar-refractivity contribution in [3.8, 4) is 5.75 Å². The Hall–Kier alpha value is -1.06. The van der Waals surface area contributed by atoms with Crippen LogP contribution in [0.5, 0.6) is 5.75 Å². The molecule has 0 heterocycles. The van der Waals surface area contributed by atoms with Gasteiger partial charge in [-0.2, -0.15) is 0 Å². The molecule has 1 rings (SSSR count). The molecular formula is C16H27NO2. The zero-order chi connectivity index (χ0) is 14.5. The number of benzene rings is 1. The van der Waals surface area contributed by atoms with Crippen LogP contribution in [0.25, 0.3) is 0 Å². The van der Waals surface area contributed by atoms with Crippen LogP contribution in [0.4, 0.5) is 0 Å². The summed E-state index contributed by atoms with van der Waals surface area (Å²) in [5.41, 5.74) is 2.63. The summed E-state index contributed by atoms with van der Waals surface area (Å²) in [4.78, 5) is 0. The Balaban J connectivity index is 2.61. The molecule has 0 aliphatic rings. The summed E-state index contributed by atoms with van der Waals surface area (Å²) in [6, 6.07) is 4.21. The molecule has 2 N–H and O–H groups in total. The lowest BCUT2D eigenvalue weighted by atomic mass is 10.1. The predicted octanol–water partition coefficient (Wildman–Crippen LogP) is 2.74. The summed E-state index contributed by atoms with van der Waals surface area (Å²) in [5.74, 6) is 0.890. The van der Waals surface area contributed by atoms with Crippen LogP contribution in [0.3, 0.4) is 0 Å². The maximum atomic E-state index is 10.3. The van der Waals surface area contributed by atoms with E-state index >= 15 is 0 Å². The molecule has 0 saturated heterocycles. The number of aryl methyl sites for hydroxylation is 3. The normalized spacial score (nSPS) is 14.2. The average molecular weight is 265 g/mol. The van der Waals surface area contributed by atoms with Gasteiger partial charge < -0.3 is 15.2 Å². The van der Waals surface area contributed by atoms with Crippen molar-refractivity contribution in [2.24, 2.45) is 0 Å². The molecular weight excluding hydrogens is 238 g/mol. The van der Waals surface area contributed by atoms with Gasteiger partial charge in [0.15, 0.2) is 0 Å². The molecule has 1 aromatic rings. The van der Waals surface area contributed by atoms with E-state index < -0.39 is 5.60 Å². The van der Waals surface area contributed by atoms with Crippen LogP contribution in [0, 0.1) is 20.8 Å². The summed E-state index contributed by atoms with van der Waals surface area (Å²) in [6.07, 6.45) is 1.06. The molecule has 0 bridgehead atoms. The molecule has 1 atom stereocenters. The van der Waals surface area contributed by atoms with Gasteiger partial charge >= 0.3 is 0 Å². The molecule has 19 heavy (non-hydrogen) atoms. The number of ether oxygens (including phenoxy) is 1. The highest BCUT2D eigenvalue weighted by Crippen LogP contribution is 2.25. The van der Waals surface area contributed by atoms with Crippen LogP contribution in [0.1, 0.15) is 37.0 Å². The first-order valence-corrected chi connectivity index (χ1v) is 6.99. The van der Waals surface area contributed by atoms with Crippen LogP contribution in [-0.4, -0.2) is 30.4 Å². The summed E-state index contributed by atoms with van der Waals surface area (Å²) >= 11 is 0. The van der Waals surface area contributed by atoms with Gasteiger partial charge in [0, 0.05) is 6.54 Å². The average Bonchev–Trinajstić information content (AvgIpc) is 2.27. The van der Waals surface area contributed by atoms with E-state index in [0.29, 0.717) is 13.2 Å². The predicted molar refractivity (Wildman–Crippen MR) is 79.9 cm³/mol. The van der Waals surface area contributed by atoms with Gasteiger partial charge in [-0.1, -0.05) is 24.6 Å². The van der Waals surface area contributed by atoms with E-state index in [4.69, 9.17) is 4.74 Å². The van der Waals surface area contributed by atoms with Crippen molar-refractivity contribution in [3.05, 3.63) is 28.8 Å². The molecule has 1 unspecified atom stereocenters. The van der Waals surface area contributed by atoms with Crippen molar-refractivity contribution in [2.45, 2.75) is 46.6 Å². The van der Waals surface area contributed by atoms with Crippen molar-refractivity contribution in [1.82, 2.24) is 5.32 Å². The third kappa shape index (κ3) is 5.21. The molecule has 0 radical (unpaired) electrons. The fourth-order valence-electron chi connectivity index (χ4n) is 2.21. The Kier molecular flexibility index (Phi) is 5.83. The molecule has 1 aromatic carbocycles. The first-order valence-electron chi connectivity index (χ1n) is 6.99. The van der Waals surface area contributed by atoms with Crippen LogP contribution >= 0.6 is 0 Å². The number of nitrogens with one attached hydrogen (secondary N) is 1. The van der Waals surface area contributed by atoms with Crippen molar-refractivity contribution < 1.29 is 9.84 Å². The van der Waals surface area contributed by atoms with E-state index in [2.05, 4.69) is 31.3 Å². The van der Waals surface area contributed by atoms with E-state index in [1.54, 1.807) is 6.92 Å².